The number of aliphatic hydroxyl groups is 1. The molecule has 1 atom stereocenters. The molecule has 0 saturated carbocycles. The number of aliphatic hydroxyl groups excluding tert-OH is 1. The minimum absolute atomic E-state index is 0.274. The Labute approximate surface area is 101 Å². The van der Waals surface area contributed by atoms with Crippen molar-refractivity contribution in [1.29, 1.82) is 0 Å². The molecule has 0 amide bonds. The highest BCUT2D eigenvalue weighted by atomic mass is 16.3. The van der Waals surface area contributed by atoms with Crippen LogP contribution in [0.15, 0.2) is 24.5 Å². The molecule has 4 heteroatoms. The largest absolute Gasteiger partial charge is 0.393 e. The molecule has 0 aliphatic carbocycles. The molecule has 0 spiro atoms. The summed E-state index contributed by atoms with van der Waals surface area (Å²) >= 11 is 0. The van der Waals surface area contributed by atoms with Gasteiger partial charge in [-0.2, -0.15) is 0 Å². The van der Waals surface area contributed by atoms with E-state index >= 15 is 0 Å². The predicted octanol–water partition coefficient (Wildman–Crippen LogP) is 1.53. The number of rotatable bonds is 5. The van der Waals surface area contributed by atoms with Gasteiger partial charge in [0.2, 0.25) is 0 Å². The molecule has 2 rings (SSSR count). The maximum absolute atomic E-state index is 9.35. The fourth-order valence-corrected chi connectivity index (χ4v) is 2.02. The van der Waals surface area contributed by atoms with Gasteiger partial charge in [-0.3, -0.25) is 0 Å². The van der Waals surface area contributed by atoms with Gasteiger partial charge in [-0.15, -0.1) is 0 Å². The molecule has 4 nitrogen and oxygen atoms in total. The second kappa shape index (κ2) is 5.29. The van der Waals surface area contributed by atoms with Gasteiger partial charge in [-0.25, -0.2) is 4.98 Å². The predicted molar refractivity (Wildman–Crippen MR) is 68.8 cm³/mol. The number of hydrogen-bond donors (Lipinski definition) is 2. The van der Waals surface area contributed by atoms with Crippen molar-refractivity contribution in [3.63, 3.8) is 0 Å². The Bertz CT molecular complexity index is 490. The van der Waals surface area contributed by atoms with Gasteiger partial charge < -0.3 is 15.0 Å². The molecular weight excluding hydrogens is 214 g/mol. The molecule has 1 unspecified atom stereocenters. The molecule has 2 aromatic rings. The summed E-state index contributed by atoms with van der Waals surface area (Å²) in [5.41, 5.74) is 2.25. The maximum Gasteiger partial charge on any atom is 0.140 e. The van der Waals surface area contributed by atoms with Gasteiger partial charge in [0, 0.05) is 30.9 Å². The summed E-state index contributed by atoms with van der Waals surface area (Å²) in [6, 6.07) is 4.05. The zero-order chi connectivity index (χ0) is 12.3. The van der Waals surface area contributed by atoms with Crippen LogP contribution >= 0.6 is 0 Å². The number of pyridine rings is 1. The normalized spacial score (nSPS) is 13.1. The summed E-state index contributed by atoms with van der Waals surface area (Å²) in [6.45, 7) is 3.45. The van der Waals surface area contributed by atoms with E-state index in [1.807, 2.05) is 26.2 Å². The van der Waals surface area contributed by atoms with Gasteiger partial charge in [0.25, 0.3) is 0 Å². The zero-order valence-corrected chi connectivity index (χ0v) is 10.3. The minimum Gasteiger partial charge on any atom is -0.393 e. The van der Waals surface area contributed by atoms with Crippen LogP contribution in [0.2, 0.25) is 0 Å². The van der Waals surface area contributed by atoms with Crippen molar-refractivity contribution in [2.75, 3.05) is 7.05 Å². The summed E-state index contributed by atoms with van der Waals surface area (Å²) in [6.07, 6.45) is 4.41. The van der Waals surface area contributed by atoms with Crippen LogP contribution in [-0.2, 0) is 13.1 Å². The fraction of sp³-hybridized carbons (Fsp3) is 0.462. The first-order valence-electron chi connectivity index (χ1n) is 5.97. The summed E-state index contributed by atoms with van der Waals surface area (Å²) in [7, 11) is 1.94. The number of nitrogens with zero attached hydrogens (tertiary/aromatic N) is 2. The van der Waals surface area contributed by atoms with Crippen molar-refractivity contribution in [2.45, 2.75) is 32.5 Å². The third-order valence-corrected chi connectivity index (χ3v) is 2.87. The van der Waals surface area contributed by atoms with E-state index in [1.165, 1.54) is 10.9 Å². The second-order valence-electron chi connectivity index (χ2n) is 4.39. The lowest BCUT2D eigenvalue weighted by molar-refractivity contribution is 0.178. The van der Waals surface area contributed by atoms with Gasteiger partial charge in [0.05, 0.1) is 6.10 Å². The summed E-state index contributed by atoms with van der Waals surface area (Å²) in [4.78, 5) is 4.42. The van der Waals surface area contributed by atoms with Crippen LogP contribution in [0.5, 0.6) is 0 Å². The van der Waals surface area contributed by atoms with E-state index in [1.54, 1.807) is 0 Å². The highest BCUT2D eigenvalue weighted by Crippen LogP contribution is 2.19. The van der Waals surface area contributed by atoms with Gasteiger partial charge in [-0.05, 0) is 38.1 Å². The smallest absolute Gasteiger partial charge is 0.140 e. The topological polar surface area (TPSA) is 50.1 Å². The Hall–Kier alpha value is -1.39. The Morgan fingerprint density at radius 2 is 2.35 bits per heavy atom. The Kier molecular flexibility index (Phi) is 3.76. The first-order valence-corrected chi connectivity index (χ1v) is 5.97. The SMILES string of the molecule is CNCc1cn(CCC(C)O)c2ncccc12. The molecular formula is C13H19N3O. The van der Waals surface area contributed by atoms with Crippen molar-refractivity contribution in [1.82, 2.24) is 14.9 Å². The molecule has 2 aromatic heterocycles. The molecule has 2 heterocycles. The third kappa shape index (κ3) is 2.65. The number of nitrogens with one attached hydrogen (secondary N) is 1. The maximum atomic E-state index is 9.35. The first kappa shape index (κ1) is 12.1. The van der Waals surface area contributed by atoms with Crippen LogP contribution in [0.4, 0.5) is 0 Å². The lowest BCUT2D eigenvalue weighted by Crippen LogP contribution is -2.07. The molecule has 0 fully saturated rings. The van der Waals surface area contributed by atoms with Crippen LogP contribution in [0.1, 0.15) is 18.9 Å². The molecule has 0 radical (unpaired) electrons. The van der Waals surface area contributed by atoms with Gasteiger partial charge >= 0.3 is 0 Å². The Balaban J connectivity index is 2.34. The van der Waals surface area contributed by atoms with Gasteiger partial charge in [0.15, 0.2) is 0 Å². The molecule has 0 aromatic carbocycles. The van der Waals surface area contributed by atoms with Crippen LogP contribution in [-0.4, -0.2) is 27.8 Å². The van der Waals surface area contributed by atoms with Crippen molar-refractivity contribution >= 4 is 11.0 Å². The van der Waals surface area contributed by atoms with E-state index in [0.717, 1.165) is 25.2 Å². The Morgan fingerprint density at radius 1 is 1.53 bits per heavy atom. The summed E-state index contributed by atoms with van der Waals surface area (Å²) in [5.74, 6) is 0. The Morgan fingerprint density at radius 3 is 3.06 bits per heavy atom. The van der Waals surface area contributed by atoms with Crippen LogP contribution in [0.3, 0.4) is 0 Å². The number of hydrogen-bond acceptors (Lipinski definition) is 3. The van der Waals surface area contributed by atoms with Crippen molar-refractivity contribution < 1.29 is 5.11 Å². The van der Waals surface area contributed by atoms with E-state index in [2.05, 4.69) is 27.1 Å². The summed E-state index contributed by atoms with van der Waals surface area (Å²) in [5, 5.41) is 13.7. The minimum atomic E-state index is -0.274. The molecule has 2 N–H and O–H groups in total. The van der Waals surface area contributed by atoms with E-state index in [-0.39, 0.29) is 6.10 Å². The molecule has 0 aliphatic heterocycles. The lowest BCUT2D eigenvalue weighted by atomic mass is 10.2. The van der Waals surface area contributed by atoms with E-state index in [9.17, 15) is 5.11 Å². The first-order chi connectivity index (χ1) is 8.22. The number of fused-ring (bicyclic) bond motifs is 1. The van der Waals surface area contributed by atoms with E-state index < -0.39 is 0 Å². The highest BCUT2D eigenvalue weighted by Gasteiger charge is 2.08. The van der Waals surface area contributed by atoms with Crippen LogP contribution in [0, 0.1) is 0 Å². The lowest BCUT2D eigenvalue weighted by Gasteiger charge is -2.06. The monoisotopic (exact) mass is 233 g/mol. The third-order valence-electron chi connectivity index (χ3n) is 2.87. The highest BCUT2D eigenvalue weighted by molar-refractivity contribution is 5.80. The van der Waals surface area contributed by atoms with Crippen molar-refractivity contribution in [3.05, 3.63) is 30.1 Å². The molecule has 0 saturated heterocycles. The van der Waals surface area contributed by atoms with Gasteiger partial charge in [0.1, 0.15) is 5.65 Å². The molecule has 17 heavy (non-hydrogen) atoms. The quantitative estimate of drug-likeness (QED) is 0.823. The molecule has 0 bridgehead atoms. The summed E-state index contributed by atoms with van der Waals surface area (Å²) < 4.78 is 2.12. The standard InChI is InChI=1S/C13H19N3O/c1-10(17)5-7-16-9-11(8-14-2)12-4-3-6-15-13(12)16/h3-4,6,9-10,14,17H,5,7-8H2,1-2H3. The fourth-order valence-electron chi connectivity index (χ4n) is 2.02. The second-order valence-corrected chi connectivity index (χ2v) is 4.39. The molecule has 0 aliphatic rings. The van der Waals surface area contributed by atoms with Crippen LogP contribution in [0.25, 0.3) is 11.0 Å². The van der Waals surface area contributed by atoms with Gasteiger partial charge in [-0.1, -0.05) is 0 Å². The zero-order valence-electron chi connectivity index (χ0n) is 10.3. The van der Waals surface area contributed by atoms with Crippen molar-refractivity contribution in [3.8, 4) is 0 Å². The number of aromatic nitrogens is 2. The van der Waals surface area contributed by atoms with Crippen molar-refractivity contribution in [2.24, 2.45) is 0 Å². The number of aryl methyl sites for hydroxylation is 1. The average molecular weight is 233 g/mol. The molecule has 92 valence electrons. The van der Waals surface area contributed by atoms with E-state index in [4.69, 9.17) is 0 Å². The van der Waals surface area contributed by atoms with E-state index in [0.29, 0.717) is 0 Å². The average Bonchev–Trinajstić information content (AvgIpc) is 2.66. The van der Waals surface area contributed by atoms with Crippen LogP contribution < -0.4 is 5.32 Å².